The molecule has 0 aliphatic heterocycles. The summed E-state index contributed by atoms with van der Waals surface area (Å²) in [5, 5.41) is 3.15. The highest BCUT2D eigenvalue weighted by Crippen LogP contribution is 2.30. The van der Waals surface area contributed by atoms with E-state index in [1.54, 1.807) is 24.3 Å². The molecule has 0 bridgehead atoms. The maximum atomic E-state index is 12.6. The van der Waals surface area contributed by atoms with E-state index in [2.05, 4.69) is 10.3 Å². The van der Waals surface area contributed by atoms with Gasteiger partial charge in [-0.1, -0.05) is 23.7 Å². The number of nitrogens with one attached hydrogen (secondary N) is 1. The predicted octanol–water partition coefficient (Wildman–Crippen LogP) is 4.22. The van der Waals surface area contributed by atoms with E-state index in [0.717, 1.165) is 22.8 Å². The van der Waals surface area contributed by atoms with E-state index in [-0.39, 0.29) is 12.2 Å². The maximum absolute atomic E-state index is 12.6. The number of rotatable bonds is 4. The normalized spacial score (nSPS) is 11.3. The van der Waals surface area contributed by atoms with Gasteiger partial charge >= 0.3 is 6.18 Å². The molecule has 3 rings (SSSR count). The van der Waals surface area contributed by atoms with Crippen LogP contribution in [0.2, 0.25) is 5.02 Å². The lowest BCUT2D eigenvalue weighted by atomic mass is 10.1. The summed E-state index contributed by atoms with van der Waals surface area (Å²) in [6.45, 7) is -0.262. The second kappa shape index (κ2) is 7.85. The van der Waals surface area contributed by atoms with Crippen molar-refractivity contribution in [2.75, 3.05) is 5.32 Å². The molecule has 0 fully saturated rings. The predicted molar refractivity (Wildman–Crippen MR) is 99.0 cm³/mol. The van der Waals surface area contributed by atoms with Crippen LogP contribution >= 0.6 is 11.6 Å². The lowest BCUT2D eigenvalue weighted by molar-refractivity contribution is -0.137. The highest BCUT2D eigenvalue weighted by atomic mass is 35.5. The van der Waals surface area contributed by atoms with Crippen molar-refractivity contribution in [3.63, 3.8) is 0 Å². The molecule has 5 nitrogen and oxygen atoms in total. The van der Waals surface area contributed by atoms with Gasteiger partial charge in [0.2, 0.25) is 5.91 Å². The van der Waals surface area contributed by atoms with Gasteiger partial charge in [0.05, 0.1) is 17.6 Å². The summed E-state index contributed by atoms with van der Waals surface area (Å²) in [5.41, 5.74) is -0.188. The number of benzene rings is 2. The molecule has 28 heavy (non-hydrogen) atoms. The van der Waals surface area contributed by atoms with Crippen LogP contribution in [0.5, 0.6) is 0 Å². The maximum Gasteiger partial charge on any atom is 0.416 e. The van der Waals surface area contributed by atoms with Crippen LogP contribution in [0, 0.1) is 0 Å². The van der Waals surface area contributed by atoms with Crippen LogP contribution < -0.4 is 10.9 Å². The summed E-state index contributed by atoms with van der Waals surface area (Å²) in [6, 6.07) is 11.9. The number of amides is 1. The second-order valence-corrected chi connectivity index (χ2v) is 6.31. The van der Waals surface area contributed by atoms with Gasteiger partial charge < -0.3 is 5.32 Å². The molecule has 1 N–H and O–H groups in total. The van der Waals surface area contributed by atoms with Crippen molar-refractivity contribution in [2.24, 2.45) is 0 Å². The van der Waals surface area contributed by atoms with Gasteiger partial charge in [0.15, 0.2) is 0 Å². The first-order valence-corrected chi connectivity index (χ1v) is 8.40. The van der Waals surface area contributed by atoms with Gasteiger partial charge in [-0.25, -0.2) is 4.98 Å². The summed E-state index contributed by atoms with van der Waals surface area (Å²) >= 11 is 5.77. The second-order valence-electron chi connectivity index (χ2n) is 5.87. The third-order valence-electron chi connectivity index (χ3n) is 3.83. The molecule has 0 saturated heterocycles. The Morgan fingerprint density at radius 1 is 1.07 bits per heavy atom. The number of halogens is 4. The molecule has 0 saturated carbocycles. The SMILES string of the molecule is O=C(Cn1cnc(-c2ccc(C(F)(F)F)cc2)cc1=O)Nc1ccc(Cl)cc1. The molecule has 144 valence electrons. The number of nitrogens with zero attached hydrogens (tertiary/aromatic N) is 2. The van der Waals surface area contributed by atoms with Crippen molar-refractivity contribution in [1.82, 2.24) is 9.55 Å². The largest absolute Gasteiger partial charge is 0.416 e. The number of anilines is 1. The molecular formula is C19H13ClF3N3O2. The first-order valence-electron chi connectivity index (χ1n) is 8.02. The fraction of sp³-hybridized carbons (Fsp3) is 0.105. The summed E-state index contributed by atoms with van der Waals surface area (Å²) in [5.74, 6) is -0.437. The molecule has 0 spiro atoms. The molecule has 9 heteroatoms. The zero-order valence-corrected chi connectivity index (χ0v) is 15.0. The Balaban J connectivity index is 1.72. The first-order chi connectivity index (χ1) is 13.2. The van der Waals surface area contributed by atoms with E-state index in [1.807, 2.05) is 0 Å². The number of alkyl halides is 3. The van der Waals surface area contributed by atoms with Crippen molar-refractivity contribution >= 4 is 23.2 Å². The van der Waals surface area contributed by atoms with Gasteiger partial charge in [0.1, 0.15) is 6.54 Å². The van der Waals surface area contributed by atoms with Crippen LogP contribution in [-0.4, -0.2) is 15.5 Å². The molecule has 0 unspecified atom stereocenters. The zero-order chi connectivity index (χ0) is 20.3. The fourth-order valence-electron chi connectivity index (χ4n) is 2.42. The summed E-state index contributed by atoms with van der Waals surface area (Å²) < 4.78 is 39.0. The highest BCUT2D eigenvalue weighted by molar-refractivity contribution is 6.30. The van der Waals surface area contributed by atoms with Crippen molar-refractivity contribution in [1.29, 1.82) is 0 Å². The van der Waals surface area contributed by atoms with Crippen LogP contribution in [0.4, 0.5) is 18.9 Å². The average molecular weight is 408 g/mol. The molecular weight excluding hydrogens is 395 g/mol. The topological polar surface area (TPSA) is 64.0 Å². The van der Waals surface area contributed by atoms with Gasteiger partial charge in [-0.3, -0.25) is 14.2 Å². The molecule has 3 aromatic rings. The van der Waals surface area contributed by atoms with Crippen molar-refractivity contribution in [3.8, 4) is 11.3 Å². The highest BCUT2D eigenvalue weighted by Gasteiger charge is 2.30. The quantitative estimate of drug-likeness (QED) is 0.704. The molecule has 1 amide bonds. The Labute approximate surface area is 162 Å². The van der Waals surface area contributed by atoms with E-state index in [1.165, 1.54) is 18.5 Å². The molecule has 2 aromatic carbocycles. The first kappa shape index (κ1) is 19.6. The summed E-state index contributed by atoms with van der Waals surface area (Å²) in [6.07, 6.45) is -3.26. The Morgan fingerprint density at radius 2 is 1.71 bits per heavy atom. The molecule has 0 atom stereocenters. The molecule has 1 aromatic heterocycles. The Morgan fingerprint density at radius 3 is 2.29 bits per heavy atom. The van der Waals surface area contributed by atoms with Crippen molar-refractivity contribution in [2.45, 2.75) is 12.7 Å². The van der Waals surface area contributed by atoms with Crippen LogP contribution in [0.1, 0.15) is 5.56 Å². The van der Waals surface area contributed by atoms with Crippen LogP contribution in [-0.2, 0) is 17.5 Å². The van der Waals surface area contributed by atoms with Gasteiger partial charge in [-0.2, -0.15) is 13.2 Å². The third-order valence-corrected chi connectivity index (χ3v) is 4.08. The van der Waals surface area contributed by atoms with E-state index in [9.17, 15) is 22.8 Å². The minimum absolute atomic E-state index is 0.216. The summed E-state index contributed by atoms with van der Waals surface area (Å²) in [4.78, 5) is 28.3. The number of hydrogen-bond acceptors (Lipinski definition) is 3. The van der Waals surface area contributed by atoms with E-state index in [4.69, 9.17) is 11.6 Å². The van der Waals surface area contributed by atoms with Crippen LogP contribution in [0.15, 0.2) is 65.7 Å². The number of aromatic nitrogens is 2. The standard InChI is InChI=1S/C19H13ClF3N3O2/c20-14-5-7-15(8-6-14)25-17(27)10-26-11-24-16(9-18(26)28)12-1-3-13(4-2-12)19(21,22)23/h1-9,11H,10H2,(H,25,27). The van der Waals surface area contributed by atoms with E-state index >= 15 is 0 Å². The zero-order valence-electron chi connectivity index (χ0n) is 14.2. The van der Waals surface area contributed by atoms with Crippen LogP contribution in [0.25, 0.3) is 11.3 Å². The molecule has 0 aliphatic rings. The van der Waals surface area contributed by atoms with Gasteiger partial charge in [0.25, 0.3) is 5.56 Å². The van der Waals surface area contributed by atoms with Crippen molar-refractivity contribution in [3.05, 3.63) is 81.9 Å². The number of hydrogen-bond donors (Lipinski definition) is 1. The molecule has 1 heterocycles. The number of carbonyl (C=O) groups excluding carboxylic acids is 1. The minimum atomic E-state index is -4.44. The Hall–Kier alpha value is -3.13. The third kappa shape index (κ3) is 4.77. The molecule has 0 aliphatic carbocycles. The fourth-order valence-corrected chi connectivity index (χ4v) is 2.55. The van der Waals surface area contributed by atoms with Gasteiger partial charge in [-0.15, -0.1) is 0 Å². The van der Waals surface area contributed by atoms with Gasteiger partial charge in [0, 0.05) is 22.3 Å². The van der Waals surface area contributed by atoms with Crippen molar-refractivity contribution < 1.29 is 18.0 Å². The molecule has 0 radical (unpaired) electrons. The van der Waals surface area contributed by atoms with Gasteiger partial charge in [-0.05, 0) is 36.4 Å². The average Bonchev–Trinajstić information content (AvgIpc) is 2.65. The number of carbonyl (C=O) groups is 1. The van der Waals surface area contributed by atoms with Crippen LogP contribution in [0.3, 0.4) is 0 Å². The van der Waals surface area contributed by atoms with E-state index in [0.29, 0.717) is 16.3 Å². The van der Waals surface area contributed by atoms with E-state index < -0.39 is 23.2 Å². The smallest absolute Gasteiger partial charge is 0.325 e. The Bertz CT molecular complexity index is 1050. The monoisotopic (exact) mass is 407 g/mol. The lowest BCUT2D eigenvalue weighted by Gasteiger charge is -2.09. The Kier molecular flexibility index (Phi) is 5.51. The lowest BCUT2D eigenvalue weighted by Crippen LogP contribution is -2.27. The minimum Gasteiger partial charge on any atom is -0.325 e. The summed E-state index contributed by atoms with van der Waals surface area (Å²) in [7, 11) is 0.